The molecule has 0 amide bonds. The molecule has 0 bridgehead atoms. The van der Waals surface area contributed by atoms with Crippen molar-refractivity contribution in [2.45, 2.75) is 31.6 Å². The van der Waals surface area contributed by atoms with E-state index >= 15 is 0 Å². The third-order valence-electron chi connectivity index (χ3n) is 3.67. The van der Waals surface area contributed by atoms with E-state index in [1.165, 1.54) is 18.9 Å². The van der Waals surface area contributed by atoms with Crippen molar-refractivity contribution in [3.05, 3.63) is 46.7 Å². The maximum Gasteiger partial charge on any atom is 0.161 e. The summed E-state index contributed by atoms with van der Waals surface area (Å²) in [6, 6.07) is 5.40. The van der Waals surface area contributed by atoms with Crippen LogP contribution in [0.5, 0.6) is 0 Å². The maximum absolute atomic E-state index is 13.3. The molecule has 1 aliphatic carbocycles. The summed E-state index contributed by atoms with van der Waals surface area (Å²) in [7, 11) is 0. The van der Waals surface area contributed by atoms with Crippen molar-refractivity contribution in [3.8, 4) is 11.4 Å². The molecule has 2 nitrogen and oxygen atoms in total. The number of hydrogen-bond donors (Lipinski definition) is 0. The van der Waals surface area contributed by atoms with Crippen LogP contribution < -0.4 is 0 Å². The highest BCUT2D eigenvalue weighted by Gasteiger charge is 2.20. The van der Waals surface area contributed by atoms with E-state index in [0.29, 0.717) is 22.5 Å². The number of rotatable bonds is 2. The normalized spacial score (nSPS) is 15.8. The lowest BCUT2D eigenvalue weighted by Gasteiger charge is -2.10. The SMILES string of the molecule is Fc1ccc(-c2nc(Cl)cc(C3CCCC3)n2)cc1F. The van der Waals surface area contributed by atoms with Gasteiger partial charge in [0.25, 0.3) is 0 Å². The van der Waals surface area contributed by atoms with Crippen molar-refractivity contribution in [2.24, 2.45) is 0 Å². The lowest BCUT2D eigenvalue weighted by atomic mass is 10.0. The predicted molar refractivity (Wildman–Crippen MR) is 73.6 cm³/mol. The van der Waals surface area contributed by atoms with Gasteiger partial charge in [-0.15, -0.1) is 0 Å². The average molecular weight is 295 g/mol. The second-order valence-corrected chi connectivity index (χ2v) is 5.44. The van der Waals surface area contributed by atoms with Gasteiger partial charge in [0.05, 0.1) is 0 Å². The third-order valence-corrected chi connectivity index (χ3v) is 3.86. The van der Waals surface area contributed by atoms with E-state index in [1.807, 2.05) is 0 Å². The van der Waals surface area contributed by atoms with Crippen molar-refractivity contribution in [1.29, 1.82) is 0 Å². The molecule has 1 saturated carbocycles. The highest BCUT2D eigenvalue weighted by Crippen LogP contribution is 2.34. The molecule has 1 aromatic carbocycles. The maximum atomic E-state index is 13.3. The monoisotopic (exact) mass is 294 g/mol. The molecule has 0 atom stereocenters. The third kappa shape index (κ3) is 2.66. The van der Waals surface area contributed by atoms with Crippen LogP contribution in [0.2, 0.25) is 5.15 Å². The zero-order chi connectivity index (χ0) is 14.1. The highest BCUT2D eigenvalue weighted by atomic mass is 35.5. The highest BCUT2D eigenvalue weighted by molar-refractivity contribution is 6.29. The molecule has 104 valence electrons. The lowest BCUT2D eigenvalue weighted by Crippen LogP contribution is -2.01. The first-order valence-electron chi connectivity index (χ1n) is 6.63. The molecule has 0 spiro atoms. The molecule has 1 aromatic heterocycles. The van der Waals surface area contributed by atoms with Crippen LogP contribution in [0.25, 0.3) is 11.4 Å². The zero-order valence-electron chi connectivity index (χ0n) is 10.7. The summed E-state index contributed by atoms with van der Waals surface area (Å²) in [4.78, 5) is 8.58. The second kappa shape index (κ2) is 5.44. The number of aromatic nitrogens is 2. The Morgan fingerprint density at radius 3 is 2.45 bits per heavy atom. The number of hydrogen-bond acceptors (Lipinski definition) is 2. The van der Waals surface area contributed by atoms with Gasteiger partial charge in [0.15, 0.2) is 17.5 Å². The van der Waals surface area contributed by atoms with Gasteiger partial charge >= 0.3 is 0 Å². The summed E-state index contributed by atoms with van der Waals surface area (Å²) in [6.45, 7) is 0. The van der Waals surface area contributed by atoms with Gasteiger partial charge < -0.3 is 0 Å². The van der Waals surface area contributed by atoms with E-state index in [4.69, 9.17) is 11.6 Å². The fourth-order valence-electron chi connectivity index (χ4n) is 2.63. The molecule has 1 aliphatic rings. The smallest absolute Gasteiger partial charge is 0.161 e. The first-order valence-corrected chi connectivity index (χ1v) is 7.01. The molecular formula is C15H13ClF2N2. The summed E-state index contributed by atoms with van der Waals surface area (Å²) >= 11 is 6.03. The van der Waals surface area contributed by atoms with Crippen LogP contribution >= 0.6 is 11.6 Å². The minimum Gasteiger partial charge on any atom is -0.233 e. The van der Waals surface area contributed by atoms with Crippen molar-refractivity contribution in [3.63, 3.8) is 0 Å². The summed E-state index contributed by atoms with van der Waals surface area (Å²) in [5.74, 6) is -1.06. The summed E-state index contributed by atoms with van der Waals surface area (Å²) in [6.07, 6.45) is 4.55. The first kappa shape index (κ1) is 13.4. The molecule has 0 N–H and O–H groups in total. The Labute approximate surface area is 120 Å². The molecule has 0 aliphatic heterocycles. The van der Waals surface area contributed by atoms with Gasteiger partial charge in [-0.05, 0) is 37.1 Å². The van der Waals surface area contributed by atoms with Crippen LogP contribution in [0.4, 0.5) is 8.78 Å². The van der Waals surface area contributed by atoms with E-state index in [2.05, 4.69) is 9.97 Å². The van der Waals surface area contributed by atoms with Gasteiger partial charge in [-0.1, -0.05) is 24.4 Å². The minimum absolute atomic E-state index is 0.335. The van der Waals surface area contributed by atoms with Crippen LogP contribution in [0.1, 0.15) is 37.3 Å². The van der Waals surface area contributed by atoms with E-state index in [9.17, 15) is 8.78 Å². The number of nitrogens with zero attached hydrogens (tertiary/aromatic N) is 2. The molecule has 5 heteroatoms. The van der Waals surface area contributed by atoms with Gasteiger partial charge in [-0.25, -0.2) is 18.7 Å². The summed E-state index contributed by atoms with van der Waals surface area (Å²) in [5, 5.41) is 0.335. The van der Waals surface area contributed by atoms with E-state index < -0.39 is 11.6 Å². The lowest BCUT2D eigenvalue weighted by molar-refractivity contribution is 0.509. The average Bonchev–Trinajstić information content (AvgIpc) is 2.95. The molecule has 1 heterocycles. The Kier molecular flexibility index (Phi) is 3.66. The van der Waals surface area contributed by atoms with Crippen LogP contribution in [-0.4, -0.2) is 9.97 Å². The van der Waals surface area contributed by atoms with Crippen molar-refractivity contribution in [2.75, 3.05) is 0 Å². The molecular weight excluding hydrogens is 282 g/mol. The standard InChI is InChI=1S/C15H13ClF2N2/c16-14-8-13(9-3-1-2-4-9)19-15(20-14)10-5-6-11(17)12(18)7-10/h5-9H,1-4H2. The predicted octanol–water partition coefficient (Wildman–Crippen LogP) is 4.73. The fourth-order valence-corrected chi connectivity index (χ4v) is 2.82. The van der Waals surface area contributed by atoms with Crippen LogP contribution in [0.3, 0.4) is 0 Å². The van der Waals surface area contributed by atoms with Gasteiger partial charge in [-0.3, -0.25) is 0 Å². The van der Waals surface area contributed by atoms with Gasteiger partial charge in [0, 0.05) is 17.2 Å². The molecule has 20 heavy (non-hydrogen) atoms. The van der Waals surface area contributed by atoms with Gasteiger partial charge in [0.1, 0.15) is 5.15 Å². The molecule has 0 saturated heterocycles. The quantitative estimate of drug-likeness (QED) is 0.748. The largest absolute Gasteiger partial charge is 0.233 e. The zero-order valence-corrected chi connectivity index (χ0v) is 11.5. The summed E-state index contributed by atoms with van der Waals surface area (Å²) < 4.78 is 26.3. The first-order chi connectivity index (χ1) is 9.63. The summed E-state index contributed by atoms with van der Waals surface area (Å²) in [5.41, 5.74) is 1.33. The molecule has 1 fully saturated rings. The van der Waals surface area contributed by atoms with Crippen LogP contribution in [0, 0.1) is 11.6 Å². The van der Waals surface area contributed by atoms with Crippen molar-refractivity contribution < 1.29 is 8.78 Å². The molecule has 0 radical (unpaired) electrons. The fraction of sp³-hybridized carbons (Fsp3) is 0.333. The Hall–Kier alpha value is -1.55. The van der Waals surface area contributed by atoms with Gasteiger partial charge in [0.2, 0.25) is 0 Å². The van der Waals surface area contributed by atoms with E-state index in [-0.39, 0.29) is 0 Å². The number of halogens is 3. The minimum atomic E-state index is -0.909. The van der Waals surface area contributed by atoms with E-state index in [0.717, 1.165) is 30.7 Å². The number of benzene rings is 1. The molecule has 2 aromatic rings. The van der Waals surface area contributed by atoms with Crippen LogP contribution in [-0.2, 0) is 0 Å². The second-order valence-electron chi connectivity index (χ2n) is 5.05. The van der Waals surface area contributed by atoms with Crippen molar-refractivity contribution in [1.82, 2.24) is 9.97 Å². The van der Waals surface area contributed by atoms with E-state index in [1.54, 1.807) is 6.07 Å². The Bertz CT molecular complexity index is 640. The topological polar surface area (TPSA) is 25.8 Å². The molecule has 3 rings (SSSR count). The Morgan fingerprint density at radius 1 is 1.00 bits per heavy atom. The van der Waals surface area contributed by atoms with Gasteiger partial charge in [-0.2, -0.15) is 0 Å². The Balaban J connectivity index is 2.02. The van der Waals surface area contributed by atoms with Crippen LogP contribution in [0.15, 0.2) is 24.3 Å². The van der Waals surface area contributed by atoms with Crippen molar-refractivity contribution >= 4 is 11.6 Å². The Morgan fingerprint density at radius 2 is 1.75 bits per heavy atom. The molecule has 0 unspecified atom stereocenters.